The standard InChI is InChI=1S/C8H4BrCl2N3/c9-6-3-4(10)1-2-5(6)7-8(11)13-14-12-7/h1-3H,(H,12,13,14). The van der Waals surface area contributed by atoms with Crippen LogP contribution in [0.15, 0.2) is 22.7 Å². The molecule has 0 saturated carbocycles. The van der Waals surface area contributed by atoms with E-state index in [2.05, 4.69) is 31.3 Å². The number of H-pyrrole nitrogens is 1. The van der Waals surface area contributed by atoms with Gasteiger partial charge in [-0.1, -0.05) is 45.2 Å². The van der Waals surface area contributed by atoms with Crippen molar-refractivity contribution in [3.63, 3.8) is 0 Å². The second kappa shape index (κ2) is 3.88. The molecule has 0 unspecified atom stereocenters. The average Bonchev–Trinajstić information content (AvgIpc) is 2.52. The molecule has 0 amide bonds. The van der Waals surface area contributed by atoms with E-state index in [1.807, 2.05) is 6.07 Å². The largest absolute Gasteiger partial charge is 0.196 e. The zero-order valence-corrected chi connectivity index (χ0v) is 9.86. The van der Waals surface area contributed by atoms with Crippen molar-refractivity contribution in [3.8, 4) is 11.3 Å². The quantitative estimate of drug-likeness (QED) is 0.873. The van der Waals surface area contributed by atoms with Crippen molar-refractivity contribution in [2.45, 2.75) is 0 Å². The fraction of sp³-hybridized carbons (Fsp3) is 0. The molecule has 0 aliphatic heterocycles. The molecular formula is C8H4BrCl2N3. The molecule has 1 aromatic carbocycles. The lowest BCUT2D eigenvalue weighted by Crippen LogP contribution is -1.81. The molecule has 0 radical (unpaired) electrons. The van der Waals surface area contributed by atoms with Gasteiger partial charge in [-0.15, -0.1) is 5.10 Å². The van der Waals surface area contributed by atoms with Crippen LogP contribution in [0.4, 0.5) is 0 Å². The summed E-state index contributed by atoms with van der Waals surface area (Å²) in [6, 6.07) is 5.38. The minimum absolute atomic E-state index is 0.341. The topological polar surface area (TPSA) is 41.6 Å². The molecule has 2 rings (SSSR count). The molecule has 0 fully saturated rings. The van der Waals surface area contributed by atoms with Crippen LogP contribution in [0.25, 0.3) is 11.3 Å². The number of nitrogens with zero attached hydrogens (tertiary/aromatic N) is 2. The predicted molar refractivity (Wildman–Crippen MR) is 59.5 cm³/mol. The lowest BCUT2D eigenvalue weighted by Gasteiger charge is -2.00. The van der Waals surface area contributed by atoms with Gasteiger partial charge in [0, 0.05) is 15.1 Å². The van der Waals surface area contributed by atoms with Gasteiger partial charge >= 0.3 is 0 Å². The Morgan fingerprint density at radius 2 is 2.00 bits per heavy atom. The highest BCUT2D eigenvalue weighted by molar-refractivity contribution is 9.10. The summed E-state index contributed by atoms with van der Waals surface area (Å²) in [7, 11) is 0. The first-order valence-electron chi connectivity index (χ1n) is 3.70. The second-order valence-electron chi connectivity index (χ2n) is 2.59. The molecule has 72 valence electrons. The van der Waals surface area contributed by atoms with E-state index in [9.17, 15) is 0 Å². The first-order chi connectivity index (χ1) is 6.68. The van der Waals surface area contributed by atoms with Crippen molar-refractivity contribution >= 4 is 39.1 Å². The molecular weight excluding hydrogens is 289 g/mol. The zero-order valence-electron chi connectivity index (χ0n) is 6.76. The highest BCUT2D eigenvalue weighted by Gasteiger charge is 2.11. The highest BCUT2D eigenvalue weighted by atomic mass is 79.9. The fourth-order valence-corrected chi connectivity index (χ4v) is 2.12. The maximum absolute atomic E-state index is 5.83. The Bertz CT molecular complexity index is 469. The highest BCUT2D eigenvalue weighted by Crippen LogP contribution is 2.32. The molecule has 1 N–H and O–H groups in total. The van der Waals surface area contributed by atoms with Gasteiger partial charge in [-0.25, -0.2) is 0 Å². The molecule has 14 heavy (non-hydrogen) atoms. The van der Waals surface area contributed by atoms with Crippen molar-refractivity contribution in [1.29, 1.82) is 0 Å². The summed E-state index contributed by atoms with van der Waals surface area (Å²) in [5.41, 5.74) is 1.46. The third-order valence-corrected chi connectivity index (χ3v) is 2.85. The number of aromatic amines is 1. The zero-order chi connectivity index (χ0) is 10.1. The van der Waals surface area contributed by atoms with Crippen molar-refractivity contribution in [2.24, 2.45) is 0 Å². The van der Waals surface area contributed by atoms with E-state index < -0.39 is 0 Å². The molecule has 2 aromatic rings. The average molecular weight is 293 g/mol. The summed E-state index contributed by atoms with van der Waals surface area (Å²) in [6.07, 6.45) is 0. The Labute approximate surface area is 98.5 Å². The number of hydrogen-bond donors (Lipinski definition) is 1. The normalized spacial score (nSPS) is 10.5. The number of rotatable bonds is 1. The molecule has 0 aliphatic rings. The van der Waals surface area contributed by atoms with E-state index in [-0.39, 0.29) is 0 Å². The Hall–Kier alpha value is -0.580. The third kappa shape index (κ3) is 1.78. The molecule has 1 aromatic heterocycles. The molecule has 6 heteroatoms. The van der Waals surface area contributed by atoms with Gasteiger partial charge in [0.05, 0.1) is 0 Å². The van der Waals surface area contributed by atoms with Crippen LogP contribution in [0, 0.1) is 0 Å². The van der Waals surface area contributed by atoms with Gasteiger partial charge < -0.3 is 0 Å². The number of halogens is 3. The van der Waals surface area contributed by atoms with Gasteiger partial charge in [0.1, 0.15) is 5.69 Å². The fourth-order valence-electron chi connectivity index (χ4n) is 1.07. The van der Waals surface area contributed by atoms with Gasteiger partial charge in [-0.3, -0.25) is 0 Å². The minimum atomic E-state index is 0.341. The van der Waals surface area contributed by atoms with Gasteiger partial charge in [0.25, 0.3) is 0 Å². The van der Waals surface area contributed by atoms with E-state index in [4.69, 9.17) is 23.2 Å². The summed E-state index contributed by atoms with van der Waals surface area (Å²) < 4.78 is 0.834. The van der Waals surface area contributed by atoms with Crippen LogP contribution in [-0.2, 0) is 0 Å². The molecule has 0 atom stereocenters. The Morgan fingerprint density at radius 1 is 1.21 bits per heavy atom. The molecule has 0 bridgehead atoms. The van der Waals surface area contributed by atoms with Crippen LogP contribution in [0.3, 0.4) is 0 Å². The van der Waals surface area contributed by atoms with Crippen LogP contribution < -0.4 is 0 Å². The number of hydrogen-bond acceptors (Lipinski definition) is 2. The first-order valence-corrected chi connectivity index (χ1v) is 5.25. The summed E-state index contributed by atoms with van der Waals surface area (Å²) >= 11 is 15.0. The SMILES string of the molecule is Clc1ccc(-c2n[nH]nc2Cl)c(Br)c1. The summed E-state index contributed by atoms with van der Waals surface area (Å²) in [5.74, 6) is 0. The summed E-state index contributed by atoms with van der Waals surface area (Å²) in [6.45, 7) is 0. The maximum atomic E-state index is 5.83. The Morgan fingerprint density at radius 3 is 2.57 bits per heavy atom. The maximum Gasteiger partial charge on any atom is 0.179 e. The van der Waals surface area contributed by atoms with Crippen molar-refractivity contribution in [1.82, 2.24) is 15.4 Å². The van der Waals surface area contributed by atoms with Gasteiger partial charge in [0.2, 0.25) is 0 Å². The third-order valence-electron chi connectivity index (χ3n) is 1.69. The van der Waals surface area contributed by atoms with E-state index in [0.29, 0.717) is 15.9 Å². The molecule has 3 nitrogen and oxygen atoms in total. The first kappa shape index (κ1) is 9.96. The molecule has 1 heterocycles. The monoisotopic (exact) mass is 291 g/mol. The van der Waals surface area contributed by atoms with Crippen LogP contribution in [-0.4, -0.2) is 15.4 Å². The molecule has 0 saturated heterocycles. The van der Waals surface area contributed by atoms with E-state index >= 15 is 0 Å². The van der Waals surface area contributed by atoms with Crippen LogP contribution in [0.1, 0.15) is 0 Å². The van der Waals surface area contributed by atoms with E-state index in [1.54, 1.807) is 12.1 Å². The van der Waals surface area contributed by atoms with Crippen LogP contribution in [0.2, 0.25) is 10.2 Å². The number of aromatic nitrogens is 3. The van der Waals surface area contributed by atoms with Crippen molar-refractivity contribution < 1.29 is 0 Å². The lowest BCUT2D eigenvalue weighted by atomic mass is 10.2. The predicted octanol–water partition coefficient (Wildman–Crippen LogP) is 3.54. The van der Waals surface area contributed by atoms with Gasteiger partial charge in [0.15, 0.2) is 5.15 Å². The smallest absolute Gasteiger partial charge is 0.179 e. The minimum Gasteiger partial charge on any atom is -0.196 e. The Kier molecular flexibility index (Phi) is 2.76. The van der Waals surface area contributed by atoms with E-state index in [0.717, 1.165) is 10.0 Å². The van der Waals surface area contributed by atoms with Gasteiger partial charge in [-0.05, 0) is 12.1 Å². The molecule has 0 aliphatic carbocycles. The lowest BCUT2D eigenvalue weighted by molar-refractivity contribution is 0.942. The second-order valence-corrected chi connectivity index (χ2v) is 4.24. The van der Waals surface area contributed by atoms with Crippen LogP contribution in [0.5, 0.6) is 0 Å². The number of benzene rings is 1. The Balaban J connectivity index is 2.58. The summed E-state index contributed by atoms with van der Waals surface area (Å²) in [4.78, 5) is 0. The summed E-state index contributed by atoms with van der Waals surface area (Å²) in [5, 5.41) is 11.1. The van der Waals surface area contributed by atoms with Gasteiger partial charge in [-0.2, -0.15) is 10.3 Å². The van der Waals surface area contributed by atoms with E-state index in [1.165, 1.54) is 0 Å². The van der Waals surface area contributed by atoms with Crippen molar-refractivity contribution in [3.05, 3.63) is 32.8 Å². The van der Waals surface area contributed by atoms with Crippen LogP contribution >= 0.6 is 39.1 Å². The molecule has 0 spiro atoms. The number of nitrogens with one attached hydrogen (secondary N) is 1. The van der Waals surface area contributed by atoms with Crippen molar-refractivity contribution in [2.75, 3.05) is 0 Å².